The summed E-state index contributed by atoms with van der Waals surface area (Å²) in [6, 6.07) is 17.2. The number of anilines is 1. The minimum absolute atomic E-state index is 0.448. The van der Waals surface area contributed by atoms with E-state index in [1.54, 1.807) is 0 Å². The molecule has 2 rings (SSSR count). The normalized spacial score (nSPS) is 11.0. The van der Waals surface area contributed by atoms with Gasteiger partial charge in [-0.2, -0.15) is 0 Å². The third-order valence-corrected chi connectivity index (χ3v) is 2.57. The predicted octanol–water partition coefficient (Wildman–Crippen LogP) is 2.65. The second kappa shape index (κ2) is 7.16. The van der Waals surface area contributed by atoms with Crippen LogP contribution in [-0.2, 0) is 0 Å². The fourth-order valence-corrected chi connectivity index (χ4v) is 1.70. The van der Waals surface area contributed by atoms with Crippen LogP contribution < -0.4 is 21.3 Å². The van der Waals surface area contributed by atoms with Gasteiger partial charge in [-0.05, 0) is 31.2 Å². The number of hydrogen-bond acceptors (Lipinski definition) is 3. The number of aliphatic imine (C=N–C) groups is 1. The number of ether oxygens (including phenoxy) is 1. The standard InChI is InChI=1S/C15H18N4O/c1-2-20-14-11-7-6-10-13(14)18-15(19-16)17-12-8-4-3-5-9-12/h3-11H,2,16H2,1H3,(H2,17,18,19). The molecule has 0 spiro atoms. The molecule has 0 aromatic heterocycles. The van der Waals surface area contributed by atoms with Gasteiger partial charge in [0.15, 0.2) is 0 Å². The highest BCUT2D eigenvalue weighted by atomic mass is 16.5. The number of hydrazine groups is 1. The van der Waals surface area contributed by atoms with Gasteiger partial charge in [0.2, 0.25) is 5.96 Å². The molecule has 0 unspecified atom stereocenters. The minimum Gasteiger partial charge on any atom is -0.492 e. The molecule has 5 heteroatoms. The Kier molecular flexibility index (Phi) is 4.97. The maximum absolute atomic E-state index is 5.53. The molecule has 2 aromatic rings. The molecule has 0 fully saturated rings. The van der Waals surface area contributed by atoms with Crippen molar-refractivity contribution in [1.29, 1.82) is 0 Å². The van der Waals surface area contributed by atoms with Gasteiger partial charge in [0.05, 0.1) is 6.61 Å². The van der Waals surface area contributed by atoms with Crippen molar-refractivity contribution in [3.63, 3.8) is 0 Å². The summed E-state index contributed by atoms with van der Waals surface area (Å²) in [7, 11) is 0. The lowest BCUT2D eigenvalue weighted by Crippen LogP contribution is -2.35. The predicted molar refractivity (Wildman–Crippen MR) is 82.1 cm³/mol. The summed E-state index contributed by atoms with van der Waals surface area (Å²) < 4.78 is 5.53. The fourth-order valence-electron chi connectivity index (χ4n) is 1.70. The highest BCUT2D eigenvalue weighted by Gasteiger charge is 2.03. The van der Waals surface area contributed by atoms with E-state index < -0.39 is 0 Å². The Morgan fingerprint density at radius 2 is 1.80 bits per heavy atom. The molecule has 20 heavy (non-hydrogen) atoms. The molecule has 0 amide bonds. The van der Waals surface area contributed by atoms with Crippen molar-refractivity contribution >= 4 is 17.3 Å². The maximum atomic E-state index is 5.53. The molecule has 0 saturated carbocycles. The average molecular weight is 270 g/mol. The van der Waals surface area contributed by atoms with Gasteiger partial charge in [0, 0.05) is 5.69 Å². The first-order valence-corrected chi connectivity index (χ1v) is 6.42. The molecule has 2 aromatic carbocycles. The zero-order chi connectivity index (χ0) is 14.2. The van der Waals surface area contributed by atoms with Crippen LogP contribution in [0.2, 0.25) is 0 Å². The average Bonchev–Trinajstić information content (AvgIpc) is 2.50. The van der Waals surface area contributed by atoms with E-state index in [2.05, 4.69) is 15.7 Å². The minimum atomic E-state index is 0.448. The van der Waals surface area contributed by atoms with Gasteiger partial charge in [0.25, 0.3) is 0 Å². The van der Waals surface area contributed by atoms with Gasteiger partial charge in [-0.25, -0.2) is 10.8 Å². The summed E-state index contributed by atoms with van der Waals surface area (Å²) >= 11 is 0. The highest BCUT2D eigenvalue weighted by Crippen LogP contribution is 2.26. The lowest BCUT2D eigenvalue weighted by Gasteiger charge is -2.11. The molecule has 4 N–H and O–H groups in total. The molecular formula is C15H18N4O. The first-order chi connectivity index (χ1) is 9.83. The molecule has 0 bridgehead atoms. The maximum Gasteiger partial charge on any atom is 0.215 e. The van der Waals surface area contributed by atoms with Crippen LogP contribution in [0, 0.1) is 0 Å². The lowest BCUT2D eigenvalue weighted by atomic mass is 10.3. The van der Waals surface area contributed by atoms with Gasteiger partial charge < -0.3 is 10.1 Å². The molecule has 0 aliphatic rings. The van der Waals surface area contributed by atoms with E-state index in [4.69, 9.17) is 10.6 Å². The van der Waals surface area contributed by atoms with Crippen LogP contribution in [-0.4, -0.2) is 12.6 Å². The molecular weight excluding hydrogens is 252 g/mol. The van der Waals surface area contributed by atoms with Crippen molar-refractivity contribution < 1.29 is 4.74 Å². The molecule has 0 aliphatic heterocycles. The van der Waals surface area contributed by atoms with Crippen LogP contribution >= 0.6 is 0 Å². The number of guanidine groups is 1. The SMILES string of the molecule is CCOc1ccccc1N=C(NN)Nc1ccccc1. The molecule has 0 atom stereocenters. The van der Waals surface area contributed by atoms with Gasteiger partial charge in [0.1, 0.15) is 11.4 Å². The van der Waals surface area contributed by atoms with Gasteiger partial charge in [-0.1, -0.05) is 30.3 Å². The van der Waals surface area contributed by atoms with Crippen LogP contribution in [0.4, 0.5) is 11.4 Å². The third-order valence-electron chi connectivity index (χ3n) is 2.57. The zero-order valence-corrected chi connectivity index (χ0v) is 11.3. The van der Waals surface area contributed by atoms with E-state index >= 15 is 0 Å². The number of para-hydroxylation sites is 3. The van der Waals surface area contributed by atoms with Crippen molar-refractivity contribution in [2.24, 2.45) is 10.8 Å². The zero-order valence-electron chi connectivity index (χ0n) is 11.3. The number of rotatable bonds is 4. The Balaban J connectivity index is 2.22. The third kappa shape index (κ3) is 3.73. The van der Waals surface area contributed by atoms with E-state index in [9.17, 15) is 0 Å². The summed E-state index contributed by atoms with van der Waals surface area (Å²) in [5, 5.41) is 3.10. The number of nitrogens with one attached hydrogen (secondary N) is 2. The van der Waals surface area contributed by atoms with Gasteiger partial charge >= 0.3 is 0 Å². The summed E-state index contributed by atoms with van der Waals surface area (Å²) in [6.45, 7) is 2.52. The first kappa shape index (κ1) is 13.9. The second-order valence-corrected chi connectivity index (χ2v) is 4.00. The van der Waals surface area contributed by atoms with Crippen LogP contribution in [0.15, 0.2) is 59.6 Å². The molecule has 104 valence electrons. The van der Waals surface area contributed by atoms with Crippen molar-refractivity contribution in [2.45, 2.75) is 6.92 Å². The van der Waals surface area contributed by atoms with E-state index in [-0.39, 0.29) is 0 Å². The Labute approximate surface area is 118 Å². The Bertz CT molecular complexity index is 569. The first-order valence-electron chi connectivity index (χ1n) is 6.42. The monoisotopic (exact) mass is 270 g/mol. The quantitative estimate of drug-likeness (QED) is 0.346. The van der Waals surface area contributed by atoms with Crippen molar-refractivity contribution in [3.8, 4) is 5.75 Å². The summed E-state index contributed by atoms with van der Waals surface area (Å²) in [4.78, 5) is 4.44. The molecule has 0 heterocycles. The Morgan fingerprint density at radius 1 is 1.10 bits per heavy atom. The topological polar surface area (TPSA) is 71.7 Å². The Morgan fingerprint density at radius 3 is 2.50 bits per heavy atom. The smallest absolute Gasteiger partial charge is 0.215 e. The van der Waals surface area contributed by atoms with Crippen LogP contribution in [0.1, 0.15) is 6.92 Å². The lowest BCUT2D eigenvalue weighted by molar-refractivity contribution is 0.341. The van der Waals surface area contributed by atoms with E-state index in [0.29, 0.717) is 18.3 Å². The largest absolute Gasteiger partial charge is 0.492 e. The molecule has 0 radical (unpaired) electrons. The number of nitrogens with zero attached hydrogens (tertiary/aromatic N) is 1. The van der Waals surface area contributed by atoms with E-state index in [1.807, 2.05) is 61.5 Å². The van der Waals surface area contributed by atoms with Crippen LogP contribution in [0.3, 0.4) is 0 Å². The number of hydrogen-bond donors (Lipinski definition) is 3. The van der Waals surface area contributed by atoms with Crippen molar-refractivity contribution in [3.05, 3.63) is 54.6 Å². The van der Waals surface area contributed by atoms with Crippen LogP contribution in [0.5, 0.6) is 5.75 Å². The van der Waals surface area contributed by atoms with Crippen LogP contribution in [0.25, 0.3) is 0 Å². The highest BCUT2D eigenvalue weighted by molar-refractivity contribution is 5.95. The summed E-state index contributed by atoms with van der Waals surface area (Å²) in [5.41, 5.74) is 4.17. The molecule has 0 saturated heterocycles. The van der Waals surface area contributed by atoms with E-state index in [0.717, 1.165) is 11.4 Å². The van der Waals surface area contributed by atoms with Crippen molar-refractivity contribution in [1.82, 2.24) is 5.43 Å². The number of benzene rings is 2. The number of nitrogens with two attached hydrogens (primary N) is 1. The summed E-state index contributed by atoms with van der Waals surface area (Å²) in [5.74, 6) is 6.68. The van der Waals surface area contributed by atoms with Gasteiger partial charge in [-0.3, -0.25) is 5.43 Å². The summed E-state index contributed by atoms with van der Waals surface area (Å²) in [6.07, 6.45) is 0. The van der Waals surface area contributed by atoms with E-state index in [1.165, 1.54) is 0 Å². The van der Waals surface area contributed by atoms with Gasteiger partial charge in [-0.15, -0.1) is 0 Å². The Hall–Kier alpha value is -2.53. The molecule has 5 nitrogen and oxygen atoms in total. The van der Waals surface area contributed by atoms with Crippen molar-refractivity contribution in [2.75, 3.05) is 11.9 Å². The molecule has 0 aliphatic carbocycles. The second-order valence-electron chi connectivity index (χ2n) is 4.00. The fraction of sp³-hybridized carbons (Fsp3) is 0.133.